The molecule has 0 spiro atoms. The maximum absolute atomic E-state index is 12.9. The van der Waals surface area contributed by atoms with E-state index in [0.29, 0.717) is 6.54 Å². The highest BCUT2D eigenvalue weighted by Gasteiger charge is 2.35. The van der Waals surface area contributed by atoms with Gasteiger partial charge in [-0.25, -0.2) is 4.79 Å². The maximum Gasteiger partial charge on any atom is 0.417 e. The monoisotopic (exact) mass is 365 g/mol. The molecular weight excluding hydrogens is 347 g/mol. The van der Waals surface area contributed by atoms with Gasteiger partial charge in [0.1, 0.15) is 0 Å². The van der Waals surface area contributed by atoms with Crippen molar-refractivity contribution in [2.45, 2.75) is 19.0 Å². The molecule has 1 amide bonds. The number of hydrogen-bond donors (Lipinski definition) is 1. The minimum absolute atomic E-state index is 0.0433. The third kappa shape index (κ3) is 5.34. The van der Waals surface area contributed by atoms with E-state index in [2.05, 4.69) is 5.32 Å². The van der Waals surface area contributed by atoms with Gasteiger partial charge in [-0.1, -0.05) is 49.4 Å². The van der Waals surface area contributed by atoms with E-state index < -0.39 is 35.8 Å². The second kappa shape index (κ2) is 8.51. The van der Waals surface area contributed by atoms with Crippen molar-refractivity contribution in [2.75, 3.05) is 13.2 Å². The van der Waals surface area contributed by atoms with Crippen LogP contribution in [0.25, 0.3) is 0 Å². The highest BCUT2D eigenvalue weighted by atomic mass is 19.4. The molecule has 1 atom stereocenters. The van der Waals surface area contributed by atoms with Gasteiger partial charge in [0, 0.05) is 6.54 Å². The molecule has 0 bridgehead atoms. The standard InChI is InChI=1S/C19H18F3NO3/c1-13(14-7-3-2-4-8-14)11-23-17(24)12-26-18(25)15-9-5-6-10-16(15)19(20,21)22/h2-10,13H,11-12H2,1H3,(H,23,24)/t13-/m0/s1. The van der Waals surface area contributed by atoms with Crippen LogP contribution >= 0.6 is 0 Å². The van der Waals surface area contributed by atoms with Crippen LogP contribution < -0.4 is 5.32 Å². The van der Waals surface area contributed by atoms with Crippen molar-refractivity contribution in [3.8, 4) is 0 Å². The van der Waals surface area contributed by atoms with Gasteiger partial charge < -0.3 is 10.1 Å². The first kappa shape index (κ1) is 19.5. The van der Waals surface area contributed by atoms with Gasteiger partial charge in [-0.05, 0) is 23.6 Å². The highest BCUT2D eigenvalue weighted by molar-refractivity contribution is 5.93. The van der Waals surface area contributed by atoms with Gasteiger partial charge in [-0.15, -0.1) is 0 Å². The first-order valence-corrected chi connectivity index (χ1v) is 7.94. The molecule has 26 heavy (non-hydrogen) atoms. The second-order valence-corrected chi connectivity index (χ2v) is 5.74. The van der Waals surface area contributed by atoms with Crippen LogP contribution in [0.2, 0.25) is 0 Å². The Morgan fingerprint density at radius 3 is 2.31 bits per heavy atom. The maximum atomic E-state index is 12.9. The van der Waals surface area contributed by atoms with Gasteiger partial charge in [-0.2, -0.15) is 13.2 Å². The summed E-state index contributed by atoms with van der Waals surface area (Å²) in [6, 6.07) is 13.8. The van der Waals surface area contributed by atoms with Gasteiger partial charge in [0.15, 0.2) is 6.61 Å². The summed E-state index contributed by atoms with van der Waals surface area (Å²) in [6.07, 6.45) is -4.68. The first-order chi connectivity index (χ1) is 12.3. The lowest BCUT2D eigenvalue weighted by molar-refractivity contribution is -0.138. The summed E-state index contributed by atoms with van der Waals surface area (Å²) in [5, 5.41) is 2.59. The Bertz CT molecular complexity index is 760. The predicted molar refractivity (Wildman–Crippen MR) is 89.6 cm³/mol. The zero-order valence-corrected chi connectivity index (χ0v) is 14.0. The van der Waals surface area contributed by atoms with Crippen molar-refractivity contribution >= 4 is 11.9 Å². The first-order valence-electron chi connectivity index (χ1n) is 7.94. The number of benzene rings is 2. The number of ether oxygens (including phenoxy) is 1. The van der Waals surface area contributed by atoms with E-state index in [9.17, 15) is 22.8 Å². The molecule has 2 rings (SSSR count). The van der Waals surface area contributed by atoms with Crippen LogP contribution in [0.3, 0.4) is 0 Å². The smallest absolute Gasteiger partial charge is 0.417 e. The Morgan fingerprint density at radius 1 is 1.04 bits per heavy atom. The van der Waals surface area contributed by atoms with Crippen molar-refractivity contribution in [1.29, 1.82) is 0 Å². The van der Waals surface area contributed by atoms with Crippen molar-refractivity contribution < 1.29 is 27.5 Å². The molecule has 0 aliphatic carbocycles. The fraction of sp³-hybridized carbons (Fsp3) is 0.263. The van der Waals surface area contributed by atoms with Crippen molar-refractivity contribution in [2.24, 2.45) is 0 Å². The molecule has 0 aromatic heterocycles. The Balaban J connectivity index is 1.87. The number of carbonyl (C=O) groups is 2. The molecule has 4 nitrogen and oxygen atoms in total. The Morgan fingerprint density at radius 2 is 1.65 bits per heavy atom. The fourth-order valence-electron chi connectivity index (χ4n) is 2.33. The number of halogens is 3. The lowest BCUT2D eigenvalue weighted by Crippen LogP contribution is -2.32. The van der Waals surface area contributed by atoms with Gasteiger partial charge in [-0.3, -0.25) is 4.79 Å². The second-order valence-electron chi connectivity index (χ2n) is 5.74. The average molecular weight is 365 g/mol. The predicted octanol–water partition coefficient (Wildman–Crippen LogP) is 3.78. The molecule has 0 radical (unpaired) electrons. The molecule has 1 N–H and O–H groups in total. The average Bonchev–Trinajstić information content (AvgIpc) is 2.64. The van der Waals surface area contributed by atoms with Crippen LogP contribution in [-0.4, -0.2) is 25.0 Å². The molecule has 0 aliphatic heterocycles. The van der Waals surface area contributed by atoms with Crippen LogP contribution in [0.4, 0.5) is 13.2 Å². The van der Waals surface area contributed by atoms with Crippen molar-refractivity contribution in [3.63, 3.8) is 0 Å². The number of hydrogen-bond acceptors (Lipinski definition) is 3. The fourth-order valence-corrected chi connectivity index (χ4v) is 2.33. The molecule has 138 valence electrons. The summed E-state index contributed by atoms with van der Waals surface area (Å²) in [5.74, 6) is -1.73. The van der Waals surface area contributed by atoms with E-state index in [1.54, 1.807) is 0 Å². The number of esters is 1. The number of nitrogens with one attached hydrogen (secondary N) is 1. The molecule has 0 fully saturated rings. The van der Waals surface area contributed by atoms with Gasteiger partial charge >= 0.3 is 12.1 Å². The van der Waals surface area contributed by atoms with E-state index in [0.717, 1.165) is 17.7 Å². The van der Waals surface area contributed by atoms with Crippen LogP contribution in [0, 0.1) is 0 Å². The minimum atomic E-state index is -4.68. The third-order valence-electron chi connectivity index (χ3n) is 3.76. The zero-order chi connectivity index (χ0) is 19.2. The molecule has 2 aromatic rings. The third-order valence-corrected chi connectivity index (χ3v) is 3.76. The Hall–Kier alpha value is -2.83. The molecule has 0 saturated carbocycles. The largest absolute Gasteiger partial charge is 0.452 e. The highest BCUT2D eigenvalue weighted by Crippen LogP contribution is 2.32. The molecule has 0 saturated heterocycles. The van der Waals surface area contributed by atoms with E-state index in [-0.39, 0.29) is 5.92 Å². The number of carbonyl (C=O) groups excluding carboxylic acids is 2. The normalized spacial score (nSPS) is 12.3. The molecule has 7 heteroatoms. The minimum Gasteiger partial charge on any atom is -0.452 e. The summed E-state index contributed by atoms with van der Waals surface area (Å²) in [5.41, 5.74) is -0.683. The molecule has 0 aliphatic rings. The van der Waals surface area contributed by atoms with Crippen LogP contribution in [0.15, 0.2) is 54.6 Å². The summed E-state index contributed by atoms with van der Waals surface area (Å²) >= 11 is 0. The van der Waals surface area contributed by atoms with Gasteiger partial charge in [0.05, 0.1) is 11.1 Å². The summed E-state index contributed by atoms with van der Waals surface area (Å²) in [7, 11) is 0. The molecular formula is C19H18F3NO3. The summed E-state index contributed by atoms with van der Waals surface area (Å²) in [6.45, 7) is 1.59. The Kier molecular flexibility index (Phi) is 6.38. The Labute approximate surface area is 149 Å². The van der Waals surface area contributed by atoms with Gasteiger partial charge in [0.2, 0.25) is 0 Å². The summed E-state index contributed by atoms with van der Waals surface area (Å²) in [4.78, 5) is 23.7. The van der Waals surface area contributed by atoms with Crippen molar-refractivity contribution in [3.05, 3.63) is 71.3 Å². The number of rotatable bonds is 6. The van der Waals surface area contributed by atoms with Crippen molar-refractivity contribution in [1.82, 2.24) is 5.32 Å². The van der Waals surface area contributed by atoms with E-state index in [1.807, 2.05) is 37.3 Å². The zero-order valence-electron chi connectivity index (χ0n) is 14.0. The SMILES string of the molecule is C[C@@H](CNC(=O)COC(=O)c1ccccc1C(F)(F)F)c1ccccc1. The van der Waals surface area contributed by atoms with E-state index >= 15 is 0 Å². The van der Waals surface area contributed by atoms with Gasteiger partial charge in [0.25, 0.3) is 5.91 Å². The topological polar surface area (TPSA) is 55.4 Å². The summed E-state index contributed by atoms with van der Waals surface area (Å²) < 4.78 is 43.4. The van der Waals surface area contributed by atoms with Crippen LogP contribution in [0.1, 0.15) is 34.3 Å². The van der Waals surface area contributed by atoms with E-state index in [4.69, 9.17) is 4.74 Å². The lowest BCUT2D eigenvalue weighted by Gasteiger charge is -2.14. The van der Waals surface area contributed by atoms with Crippen LogP contribution in [-0.2, 0) is 15.7 Å². The number of alkyl halides is 3. The van der Waals surface area contributed by atoms with E-state index in [1.165, 1.54) is 12.1 Å². The molecule has 2 aromatic carbocycles. The molecule has 0 unspecified atom stereocenters. The quantitative estimate of drug-likeness (QED) is 0.793. The molecule has 0 heterocycles. The van der Waals surface area contributed by atoms with Crippen LogP contribution in [0.5, 0.6) is 0 Å². The lowest BCUT2D eigenvalue weighted by atomic mass is 10.0. The number of amides is 1.